The van der Waals surface area contributed by atoms with Crippen LogP contribution in [-0.2, 0) is 17.8 Å². The number of benzene rings is 3. The van der Waals surface area contributed by atoms with E-state index in [2.05, 4.69) is 63.6 Å². The van der Waals surface area contributed by atoms with E-state index in [0.717, 1.165) is 25.2 Å². The van der Waals surface area contributed by atoms with E-state index in [1.807, 2.05) is 14.1 Å². The third-order valence-corrected chi connectivity index (χ3v) is 6.32. The lowest BCUT2D eigenvalue weighted by molar-refractivity contribution is -0.123. The van der Waals surface area contributed by atoms with E-state index >= 15 is 0 Å². The van der Waals surface area contributed by atoms with Crippen molar-refractivity contribution in [2.75, 3.05) is 38.7 Å². The highest BCUT2D eigenvalue weighted by Gasteiger charge is 2.25. The third kappa shape index (κ3) is 6.06. The number of nitrogens with zero attached hydrogens (tertiary/aromatic N) is 2. The number of halogens is 1. The molecule has 0 bridgehead atoms. The fourth-order valence-corrected chi connectivity index (χ4v) is 4.30. The Balaban J connectivity index is 1.44. The largest absolute Gasteiger partial charge is 0.484 e. The Morgan fingerprint density at radius 2 is 1.73 bits per heavy atom. The molecule has 0 saturated heterocycles. The number of hydrogen-bond acceptors (Lipinski definition) is 4. The molecule has 0 spiro atoms. The van der Waals surface area contributed by atoms with Crippen molar-refractivity contribution in [1.82, 2.24) is 10.2 Å². The molecular weight excluding hydrogens is 434 g/mol. The first kappa shape index (κ1) is 23.1. The van der Waals surface area contributed by atoms with E-state index < -0.39 is 0 Å². The van der Waals surface area contributed by atoms with Crippen LogP contribution in [0, 0.1) is 0 Å². The molecule has 172 valence electrons. The predicted molar refractivity (Wildman–Crippen MR) is 134 cm³/mol. The highest BCUT2D eigenvalue weighted by Crippen LogP contribution is 2.28. The molecule has 5 nitrogen and oxygen atoms in total. The van der Waals surface area contributed by atoms with Gasteiger partial charge in [-0.25, -0.2) is 0 Å². The second-order valence-electron chi connectivity index (χ2n) is 8.54. The standard InChI is InChI=1S/C27H30ClN3O2/c1-30(2)24-11-7-21(8-12-24)26(31-16-15-20-5-3-4-6-22(20)18-31)17-29-27(32)19-33-25-13-9-23(28)10-14-25/h3-14,26H,15-19H2,1-2H3,(H,29,32). The highest BCUT2D eigenvalue weighted by atomic mass is 35.5. The molecule has 6 heteroatoms. The summed E-state index contributed by atoms with van der Waals surface area (Å²) >= 11 is 5.91. The maximum atomic E-state index is 12.6. The lowest BCUT2D eigenvalue weighted by Crippen LogP contribution is -2.41. The molecule has 0 saturated carbocycles. The number of fused-ring (bicyclic) bond motifs is 1. The number of ether oxygens (including phenoxy) is 1. The zero-order valence-corrected chi connectivity index (χ0v) is 19.9. The number of carbonyl (C=O) groups excluding carboxylic acids is 1. The van der Waals surface area contributed by atoms with Crippen LogP contribution in [0.25, 0.3) is 0 Å². The number of rotatable bonds is 8. The van der Waals surface area contributed by atoms with Crippen LogP contribution in [0.15, 0.2) is 72.8 Å². The van der Waals surface area contributed by atoms with E-state index in [0.29, 0.717) is 17.3 Å². The fraction of sp³-hybridized carbons (Fsp3) is 0.296. The normalized spacial score (nSPS) is 14.3. The smallest absolute Gasteiger partial charge is 0.258 e. The van der Waals surface area contributed by atoms with Crippen molar-refractivity contribution in [2.45, 2.75) is 19.0 Å². The minimum absolute atomic E-state index is 0.0310. The average Bonchev–Trinajstić information content (AvgIpc) is 2.84. The van der Waals surface area contributed by atoms with Crippen molar-refractivity contribution < 1.29 is 9.53 Å². The Morgan fingerprint density at radius 3 is 2.42 bits per heavy atom. The van der Waals surface area contributed by atoms with Crippen molar-refractivity contribution in [3.8, 4) is 5.75 Å². The van der Waals surface area contributed by atoms with Gasteiger partial charge in [-0.2, -0.15) is 0 Å². The second kappa shape index (κ2) is 10.7. The predicted octanol–water partition coefficient (Wildman–Crippen LogP) is 4.70. The molecule has 1 N–H and O–H groups in total. The van der Waals surface area contributed by atoms with Crippen molar-refractivity contribution in [1.29, 1.82) is 0 Å². The molecule has 3 aromatic rings. The summed E-state index contributed by atoms with van der Waals surface area (Å²) in [5.74, 6) is 0.482. The summed E-state index contributed by atoms with van der Waals surface area (Å²) < 4.78 is 5.61. The van der Waals surface area contributed by atoms with Crippen molar-refractivity contribution in [3.05, 3.63) is 94.5 Å². The monoisotopic (exact) mass is 463 g/mol. The minimum Gasteiger partial charge on any atom is -0.484 e. The maximum Gasteiger partial charge on any atom is 0.258 e. The SMILES string of the molecule is CN(C)c1ccc(C(CNC(=O)COc2ccc(Cl)cc2)N2CCc3ccccc3C2)cc1. The molecule has 1 aliphatic rings. The molecule has 0 aliphatic carbocycles. The molecule has 1 heterocycles. The van der Waals surface area contributed by atoms with Gasteiger partial charge in [-0.15, -0.1) is 0 Å². The molecule has 0 radical (unpaired) electrons. The molecule has 0 aromatic heterocycles. The summed E-state index contributed by atoms with van der Waals surface area (Å²) in [7, 11) is 4.07. The number of carbonyl (C=O) groups is 1. The lowest BCUT2D eigenvalue weighted by Gasteiger charge is -2.36. The van der Waals surface area contributed by atoms with Gasteiger partial charge in [0.05, 0.1) is 6.04 Å². The Morgan fingerprint density at radius 1 is 1.03 bits per heavy atom. The van der Waals surface area contributed by atoms with Crippen LogP contribution in [0.2, 0.25) is 5.02 Å². The Kier molecular flexibility index (Phi) is 7.53. The highest BCUT2D eigenvalue weighted by molar-refractivity contribution is 6.30. The third-order valence-electron chi connectivity index (χ3n) is 6.07. The minimum atomic E-state index is -0.141. The van der Waals surface area contributed by atoms with Crippen molar-refractivity contribution in [2.24, 2.45) is 0 Å². The van der Waals surface area contributed by atoms with Gasteiger partial charge in [0.2, 0.25) is 0 Å². The first-order chi connectivity index (χ1) is 16.0. The molecule has 1 aliphatic heterocycles. The molecule has 1 amide bonds. The molecule has 0 fully saturated rings. The van der Waals surface area contributed by atoms with Gasteiger partial charge in [-0.05, 0) is 59.5 Å². The van der Waals surface area contributed by atoms with Crippen LogP contribution in [-0.4, -0.2) is 44.6 Å². The van der Waals surface area contributed by atoms with E-state index in [4.69, 9.17) is 16.3 Å². The Hall–Kier alpha value is -3.02. The molecule has 33 heavy (non-hydrogen) atoms. The van der Waals surface area contributed by atoms with Crippen LogP contribution in [0.1, 0.15) is 22.7 Å². The van der Waals surface area contributed by atoms with E-state index in [9.17, 15) is 4.79 Å². The number of nitrogens with one attached hydrogen (secondary N) is 1. The number of anilines is 1. The van der Waals surface area contributed by atoms with Crippen LogP contribution < -0.4 is 15.0 Å². The summed E-state index contributed by atoms with van der Waals surface area (Å²) in [4.78, 5) is 17.1. The molecule has 3 aromatic carbocycles. The van der Waals surface area contributed by atoms with Crippen molar-refractivity contribution in [3.63, 3.8) is 0 Å². The van der Waals surface area contributed by atoms with Crippen LogP contribution >= 0.6 is 11.6 Å². The van der Waals surface area contributed by atoms with Crippen LogP contribution in [0.3, 0.4) is 0 Å². The van der Waals surface area contributed by atoms with E-state index in [1.165, 1.54) is 16.7 Å². The zero-order chi connectivity index (χ0) is 23.2. The first-order valence-corrected chi connectivity index (χ1v) is 11.6. The van der Waals surface area contributed by atoms with Gasteiger partial charge in [0.15, 0.2) is 6.61 Å². The maximum absolute atomic E-state index is 12.6. The summed E-state index contributed by atoms with van der Waals surface area (Å²) in [6.45, 7) is 2.31. The van der Waals surface area contributed by atoms with Gasteiger partial charge >= 0.3 is 0 Å². The van der Waals surface area contributed by atoms with Gasteiger partial charge in [-0.1, -0.05) is 48.0 Å². The Labute approximate surface area is 200 Å². The van der Waals surface area contributed by atoms with E-state index in [-0.39, 0.29) is 18.6 Å². The van der Waals surface area contributed by atoms with Gasteiger partial charge in [0.1, 0.15) is 5.75 Å². The van der Waals surface area contributed by atoms with Gasteiger partial charge in [0.25, 0.3) is 5.91 Å². The van der Waals surface area contributed by atoms with E-state index in [1.54, 1.807) is 24.3 Å². The van der Waals surface area contributed by atoms with Gasteiger partial charge in [0, 0.05) is 44.4 Å². The van der Waals surface area contributed by atoms with Gasteiger partial charge < -0.3 is 15.0 Å². The fourth-order valence-electron chi connectivity index (χ4n) is 4.18. The molecule has 1 unspecified atom stereocenters. The summed E-state index contributed by atoms with van der Waals surface area (Å²) in [6.07, 6.45) is 1.01. The molecule has 1 atom stereocenters. The first-order valence-electron chi connectivity index (χ1n) is 11.2. The number of amides is 1. The topological polar surface area (TPSA) is 44.8 Å². The molecular formula is C27H30ClN3O2. The van der Waals surface area contributed by atoms with Gasteiger partial charge in [-0.3, -0.25) is 9.69 Å². The van der Waals surface area contributed by atoms with Crippen molar-refractivity contribution >= 4 is 23.2 Å². The second-order valence-corrected chi connectivity index (χ2v) is 8.97. The summed E-state index contributed by atoms with van der Waals surface area (Å²) in [5, 5.41) is 3.72. The quantitative estimate of drug-likeness (QED) is 0.526. The number of hydrogen-bond donors (Lipinski definition) is 1. The van der Waals surface area contributed by atoms with Crippen LogP contribution in [0.5, 0.6) is 5.75 Å². The zero-order valence-electron chi connectivity index (χ0n) is 19.1. The van der Waals surface area contributed by atoms with Crippen LogP contribution in [0.4, 0.5) is 5.69 Å². The summed E-state index contributed by atoms with van der Waals surface area (Å²) in [5.41, 5.74) is 5.12. The lowest BCUT2D eigenvalue weighted by atomic mass is 9.96. The average molecular weight is 464 g/mol. The Bertz CT molecular complexity index is 1070. The summed E-state index contributed by atoms with van der Waals surface area (Å²) in [6, 6.07) is 24.3. The molecule has 4 rings (SSSR count).